The Hall–Kier alpha value is -1.84. The SMILES string of the molecule is C[C@H]1CCCC[C@]12NC(=O)N(CCCc1ccccc1)C2=O. The van der Waals surface area contributed by atoms with Crippen LogP contribution >= 0.6 is 0 Å². The Labute approximate surface area is 131 Å². The fraction of sp³-hybridized carbons (Fsp3) is 0.556. The van der Waals surface area contributed by atoms with Crippen molar-refractivity contribution in [3.05, 3.63) is 35.9 Å². The molecule has 1 aromatic carbocycles. The van der Waals surface area contributed by atoms with Gasteiger partial charge in [-0.15, -0.1) is 0 Å². The highest BCUT2D eigenvalue weighted by Crippen LogP contribution is 2.38. The smallest absolute Gasteiger partial charge is 0.323 e. The van der Waals surface area contributed by atoms with Gasteiger partial charge in [-0.2, -0.15) is 0 Å². The third kappa shape index (κ3) is 2.62. The Morgan fingerprint density at radius 1 is 1.23 bits per heavy atom. The van der Waals surface area contributed by atoms with Gasteiger partial charge in [0.2, 0.25) is 0 Å². The molecule has 1 heterocycles. The molecule has 0 aromatic heterocycles. The Morgan fingerprint density at radius 3 is 2.73 bits per heavy atom. The van der Waals surface area contributed by atoms with Crippen molar-refractivity contribution >= 4 is 11.9 Å². The summed E-state index contributed by atoms with van der Waals surface area (Å²) in [6.45, 7) is 2.60. The number of nitrogens with zero attached hydrogens (tertiary/aromatic N) is 1. The minimum absolute atomic E-state index is 0.00207. The van der Waals surface area contributed by atoms with Gasteiger partial charge in [-0.1, -0.05) is 50.1 Å². The van der Waals surface area contributed by atoms with E-state index in [9.17, 15) is 9.59 Å². The van der Waals surface area contributed by atoms with E-state index in [1.807, 2.05) is 18.2 Å². The van der Waals surface area contributed by atoms with E-state index in [4.69, 9.17) is 0 Å². The van der Waals surface area contributed by atoms with E-state index in [2.05, 4.69) is 24.4 Å². The number of amides is 3. The number of benzene rings is 1. The molecule has 0 unspecified atom stereocenters. The zero-order valence-electron chi connectivity index (χ0n) is 13.2. The molecule has 1 N–H and O–H groups in total. The van der Waals surface area contributed by atoms with E-state index in [1.165, 1.54) is 10.5 Å². The summed E-state index contributed by atoms with van der Waals surface area (Å²) in [5, 5.41) is 3.00. The molecular weight excluding hydrogens is 276 g/mol. The summed E-state index contributed by atoms with van der Waals surface area (Å²) in [5.74, 6) is 0.231. The topological polar surface area (TPSA) is 49.4 Å². The Morgan fingerprint density at radius 2 is 2.00 bits per heavy atom. The Bertz CT molecular complexity index is 557. The first-order valence-electron chi connectivity index (χ1n) is 8.31. The fourth-order valence-electron chi connectivity index (χ4n) is 3.78. The highest BCUT2D eigenvalue weighted by atomic mass is 16.2. The quantitative estimate of drug-likeness (QED) is 0.869. The minimum Gasteiger partial charge on any atom is -0.323 e. The normalized spacial score (nSPS) is 28.2. The Balaban J connectivity index is 1.62. The zero-order valence-corrected chi connectivity index (χ0v) is 13.2. The van der Waals surface area contributed by atoms with Gasteiger partial charge in [0.15, 0.2) is 0 Å². The molecule has 1 aliphatic carbocycles. The lowest BCUT2D eigenvalue weighted by Gasteiger charge is -2.36. The van der Waals surface area contributed by atoms with Crippen molar-refractivity contribution in [2.45, 2.75) is 51.0 Å². The van der Waals surface area contributed by atoms with Gasteiger partial charge in [0.05, 0.1) is 0 Å². The fourth-order valence-corrected chi connectivity index (χ4v) is 3.78. The van der Waals surface area contributed by atoms with Crippen LogP contribution in [0.1, 0.15) is 44.6 Å². The summed E-state index contributed by atoms with van der Waals surface area (Å²) < 4.78 is 0. The summed E-state index contributed by atoms with van der Waals surface area (Å²) in [6, 6.07) is 9.98. The van der Waals surface area contributed by atoms with Gasteiger partial charge in [0.1, 0.15) is 5.54 Å². The van der Waals surface area contributed by atoms with Crippen molar-refractivity contribution in [3.63, 3.8) is 0 Å². The van der Waals surface area contributed by atoms with E-state index in [0.29, 0.717) is 6.54 Å². The van der Waals surface area contributed by atoms with Gasteiger partial charge in [-0.25, -0.2) is 4.79 Å². The van der Waals surface area contributed by atoms with Crippen LogP contribution in [-0.4, -0.2) is 28.9 Å². The number of urea groups is 1. The molecule has 3 rings (SSSR count). The highest BCUT2D eigenvalue weighted by Gasteiger charge is 2.54. The molecule has 2 aliphatic rings. The van der Waals surface area contributed by atoms with Gasteiger partial charge in [-0.3, -0.25) is 9.69 Å². The molecule has 0 radical (unpaired) electrons. The molecule has 22 heavy (non-hydrogen) atoms. The maximum Gasteiger partial charge on any atom is 0.325 e. The monoisotopic (exact) mass is 300 g/mol. The lowest BCUT2D eigenvalue weighted by molar-refractivity contribution is -0.134. The van der Waals surface area contributed by atoms with Crippen molar-refractivity contribution in [2.75, 3.05) is 6.54 Å². The van der Waals surface area contributed by atoms with E-state index in [0.717, 1.165) is 38.5 Å². The number of carbonyl (C=O) groups is 2. The minimum atomic E-state index is -0.623. The van der Waals surface area contributed by atoms with Crippen LogP contribution in [0.4, 0.5) is 4.79 Å². The molecule has 1 spiro atoms. The number of imide groups is 1. The van der Waals surface area contributed by atoms with Crippen LogP contribution in [0.3, 0.4) is 0 Å². The summed E-state index contributed by atoms with van der Waals surface area (Å²) in [6.07, 6.45) is 5.68. The number of hydrogen-bond acceptors (Lipinski definition) is 2. The van der Waals surface area contributed by atoms with Crippen LogP contribution in [0.15, 0.2) is 30.3 Å². The first-order valence-corrected chi connectivity index (χ1v) is 8.31. The van der Waals surface area contributed by atoms with E-state index >= 15 is 0 Å². The molecule has 0 bridgehead atoms. The summed E-state index contributed by atoms with van der Waals surface area (Å²) in [5.41, 5.74) is 0.623. The molecule has 2 atom stereocenters. The molecule has 118 valence electrons. The number of carbonyl (C=O) groups excluding carboxylic acids is 2. The van der Waals surface area contributed by atoms with Crippen molar-refractivity contribution in [1.29, 1.82) is 0 Å². The average Bonchev–Trinajstić information content (AvgIpc) is 2.76. The molecule has 2 fully saturated rings. The van der Waals surface area contributed by atoms with Gasteiger partial charge < -0.3 is 5.32 Å². The van der Waals surface area contributed by atoms with Crippen LogP contribution in [0.2, 0.25) is 0 Å². The van der Waals surface area contributed by atoms with Crippen LogP contribution in [0.5, 0.6) is 0 Å². The second kappa shape index (κ2) is 6.11. The van der Waals surface area contributed by atoms with Gasteiger partial charge >= 0.3 is 6.03 Å². The maximum absolute atomic E-state index is 12.8. The van der Waals surface area contributed by atoms with Gasteiger partial charge in [-0.05, 0) is 37.2 Å². The van der Waals surface area contributed by atoms with E-state index in [1.54, 1.807) is 0 Å². The summed E-state index contributed by atoms with van der Waals surface area (Å²) in [4.78, 5) is 26.5. The molecule has 1 aromatic rings. The van der Waals surface area contributed by atoms with Crippen molar-refractivity contribution in [2.24, 2.45) is 5.92 Å². The third-order valence-corrected chi connectivity index (χ3v) is 5.19. The van der Waals surface area contributed by atoms with Gasteiger partial charge in [0.25, 0.3) is 5.91 Å². The van der Waals surface area contributed by atoms with Crippen LogP contribution in [0.25, 0.3) is 0 Å². The van der Waals surface area contributed by atoms with Gasteiger partial charge in [0, 0.05) is 6.54 Å². The predicted octanol–water partition coefficient (Wildman–Crippen LogP) is 3.12. The van der Waals surface area contributed by atoms with Crippen LogP contribution in [-0.2, 0) is 11.2 Å². The second-order valence-corrected chi connectivity index (χ2v) is 6.59. The van der Waals surface area contributed by atoms with E-state index in [-0.39, 0.29) is 17.9 Å². The third-order valence-electron chi connectivity index (χ3n) is 5.19. The van der Waals surface area contributed by atoms with E-state index < -0.39 is 5.54 Å². The molecule has 3 amide bonds. The summed E-state index contributed by atoms with van der Waals surface area (Å²) >= 11 is 0. The van der Waals surface area contributed by atoms with Crippen molar-refractivity contribution in [1.82, 2.24) is 10.2 Å². The number of nitrogens with one attached hydrogen (secondary N) is 1. The molecule has 1 saturated carbocycles. The Kier molecular flexibility index (Phi) is 4.19. The maximum atomic E-state index is 12.8. The lowest BCUT2D eigenvalue weighted by atomic mass is 9.73. The second-order valence-electron chi connectivity index (χ2n) is 6.59. The molecule has 4 nitrogen and oxygen atoms in total. The number of hydrogen-bond donors (Lipinski definition) is 1. The van der Waals surface area contributed by atoms with Crippen LogP contribution in [0, 0.1) is 5.92 Å². The molecular formula is C18H24N2O2. The first kappa shape index (κ1) is 15.1. The predicted molar refractivity (Wildman–Crippen MR) is 85.4 cm³/mol. The average molecular weight is 300 g/mol. The van der Waals surface area contributed by atoms with Crippen molar-refractivity contribution in [3.8, 4) is 0 Å². The number of aryl methyl sites for hydroxylation is 1. The number of rotatable bonds is 4. The standard InChI is InChI=1S/C18H24N2O2/c1-14-8-5-6-12-18(14)16(21)20(17(22)19-18)13-7-11-15-9-3-2-4-10-15/h2-4,9-10,14H,5-8,11-13H2,1H3,(H,19,22)/t14-,18-/m0/s1. The summed E-state index contributed by atoms with van der Waals surface area (Å²) in [7, 11) is 0. The molecule has 4 heteroatoms. The highest BCUT2D eigenvalue weighted by molar-refractivity contribution is 6.07. The molecule has 1 aliphatic heterocycles. The van der Waals surface area contributed by atoms with Crippen LogP contribution < -0.4 is 5.32 Å². The largest absolute Gasteiger partial charge is 0.325 e. The van der Waals surface area contributed by atoms with Crippen molar-refractivity contribution < 1.29 is 9.59 Å². The lowest BCUT2D eigenvalue weighted by Crippen LogP contribution is -2.53. The molecule has 1 saturated heterocycles. The zero-order chi connectivity index (χ0) is 15.6. The first-order chi connectivity index (χ1) is 10.6.